The maximum absolute atomic E-state index is 6.69. The lowest BCUT2D eigenvalue weighted by Crippen LogP contribution is -1.93. The molecule has 12 rings (SSSR count). The van der Waals surface area contributed by atoms with Crippen LogP contribution in [0, 0.1) is 0 Å². The SMILES string of the molecule is c1ccc(-n2c3ccccc3c3ccc(-c4ccc5oc6c(ccc7c6ccc6c7c7cccc8c9ccccc9n6c87)c5c4)cc32)cc1. The van der Waals surface area contributed by atoms with Crippen LogP contribution in [-0.2, 0) is 0 Å². The smallest absolute Gasteiger partial charge is 0.143 e. The van der Waals surface area contributed by atoms with Crippen LogP contribution in [0.5, 0.6) is 0 Å². The number of hydrogen-bond donors (Lipinski definition) is 0. The van der Waals surface area contributed by atoms with Crippen molar-refractivity contribution in [1.82, 2.24) is 8.97 Å². The molecule has 49 heavy (non-hydrogen) atoms. The van der Waals surface area contributed by atoms with Gasteiger partial charge in [0.15, 0.2) is 0 Å². The van der Waals surface area contributed by atoms with Crippen molar-refractivity contribution in [3.63, 3.8) is 0 Å². The van der Waals surface area contributed by atoms with Gasteiger partial charge in [0.05, 0.1) is 27.6 Å². The Balaban J connectivity index is 1.08. The first-order valence-electron chi connectivity index (χ1n) is 16.9. The number of hydrogen-bond acceptors (Lipinski definition) is 1. The Kier molecular flexibility index (Phi) is 4.72. The van der Waals surface area contributed by atoms with Crippen molar-refractivity contribution in [1.29, 1.82) is 0 Å². The van der Waals surface area contributed by atoms with Crippen LogP contribution in [0.2, 0.25) is 0 Å². The second-order valence-electron chi connectivity index (χ2n) is 13.3. The van der Waals surface area contributed by atoms with Crippen molar-refractivity contribution in [2.45, 2.75) is 0 Å². The molecule has 8 aromatic carbocycles. The van der Waals surface area contributed by atoms with Gasteiger partial charge < -0.3 is 13.4 Å². The van der Waals surface area contributed by atoms with Gasteiger partial charge in [0.25, 0.3) is 0 Å². The first kappa shape index (κ1) is 25.5. The largest absolute Gasteiger partial charge is 0.455 e. The molecule has 226 valence electrons. The molecule has 3 heteroatoms. The number of nitrogens with zero attached hydrogens (tertiary/aromatic N) is 2. The molecule has 0 atom stereocenters. The number of aromatic nitrogens is 2. The van der Waals surface area contributed by atoms with Crippen molar-refractivity contribution in [3.8, 4) is 16.8 Å². The zero-order valence-electron chi connectivity index (χ0n) is 26.3. The second-order valence-corrected chi connectivity index (χ2v) is 13.3. The van der Waals surface area contributed by atoms with E-state index in [0.717, 1.165) is 33.0 Å². The quantitative estimate of drug-likeness (QED) is 0.188. The Morgan fingerprint density at radius 3 is 1.90 bits per heavy atom. The molecule has 0 aliphatic heterocycles. The third-order valence-corrected chi connectivity index (χ3v) is 10.8. The summed E-state index contributed by atoms with van der Waals surface area (Å²) < 4.78 is 11.5. The van der Waals surface area contributed by atoms with Crippen molar-refractivity contribution in [2.75, 3.05) is 0 Å². The average molecular weight is 623 g/mol. The van der Waals surface area contributed by atoms with Crippen LogP contribution in [-0.4, -0.2) is 8.97 Å². The Labute approximate surface area is 279 Å². The van der Waals surface area contributed by atoms with Gasteiger partial charge in [-0.15, -0.1) is 0 Å². The van der Waals surface area contributed by atoms with E-state index in [9.17, 15) is 0 Å². The summed E-state index contributed by atoms with van der Waals surface area (Å²) in [7, 11) is 0. The molecule has 0 aliphatic carbocycles. The molecule has 0 N–H and O–H groups in total. The van der Waals surface area contributed by atoms with Gasteiger partial charge in [0, 0.05) is 54.2 Å². The molecular formula is C46H26N2O. The highest BCUT2D eigenvalue weighted by molar-refractivity contribution is 6.31. The van der Waals surface area contributed by atoms with Gasteiger partial charge in [-0.2, -0.15) is 0 Å². The second kappa shape index (κ2) is 9.06. The minimum atomic E-state index is 0.908. The minimum Gasteiger partial charge on any atom is -0.455 e. The minimum absolute atomic E-state index is 0.908. The van der Waals surface area contributed by atoms with Crippen LogP contribution in [0.25, 0.3) is 109 Å². The molecule has 0 spiro atoms. The molecule has 0 saturated heterocycles. The zero-order valence-corrected chi connectivity index (χ0v) is 26.3. The number of furan rings is 1. The fourth-order valence-corrected chi connectivity index (χ4v) is 8.75. The molecule has 12 aromatic rings. The van der Waals surface area contributed by atoms with E-state index in [1.165, 1.54) is 76.4 Å². The van der Waals surface area contributed by atoms with Gasteiger partial charge >= 0.3 is 0 Å². The maximum atomic E-state index is 6.69. The first-order valence-corrected chi connectivity index (χ1v) is 16.9. The summed E-state index contributed by atoms with van der Waals surface area (Å²) in [5.74, 6) is 0. The fraction of sp³-hybridized carbons (Fsp3) is 0. The van der Waals surface area contributed by atoms with E-state index >= 15 is 0 Å². The summed E-state index contributed by atoms with van der Waals surface area (Å²) in [6.07, 6.45) is 0. The molecule has 0 unspecified atom stereocenters. The molecule has 0 fully saturated rings. The van der Waals surface area contributed by atoms with Crippen LogP contribution < -0.4 is 0 Å². The number of rotatable bonds is 2. The molecule has 0 aliphatic rings. The Bertz CT molecular complexity index is 3320. The van der Waals surface area contributed by atoms with Gasteiger partial charge in [-0.3, -0.25) is 0 Å². The third-order valence-electron chi connectivity index (χ3n) is 10.8. The third kappa shape index (κ3) is 3.22. The van der Waals surface area contributed by atoms with E-state index in [1.807, 2.05) is 0 Å². The van der Waals surface area contributed by atoms with Crippen LogP contribution in [0.4, 0.5) is 0 Å². The van der Waals surface area contributed by atoms with E-state index in [1.54, 1.807) is 0 Å². The standard InChI is InChI=1S/C46H26N2O/c1-2-9-29(10-3-1)47-39-15-6-4-11-30(39)32-19-17-28(26-42(32)47)27-18-24-43-38(25-27)36-21-20-33-35(46(36)49-43)22-23-41-44(33)37-14-8-13-34-31-12-5-7-16-40(31)48(41)45(34)37/h1-26H. The molecule has 4 heterocycles. The van der Waals surface area contributed by atoms with E-state index in [-0.39, 0.29) is 0 Å². The number of fused-ring (bicyclic) bond motifs is 15. The summed E-state index contributed by atoms with van der Waals surface area (Å²) in [5.41, 5.74) is 11.6. The highest BCUT2D eigenvalue weighted by Gasteiger charge is 2.20. The average Bonchev–Trinajstić information content (AvgIpc) is 3.90. The van der Waals surface area contributed by atoms with Crippen LogP contribution >= 0.6 is 0 Å². The van der Waals surface area contributed by atoms with Gasteiger partial charge in [-0.05, 0) is 77.2 Å². The number of para-hydroxylation sites is 4. The topological polar surface area (TPSA) is 22.5 Å². The first-order chi connectivity index (χ1) is 24.3. The van der Waals surface area contributed by atoms with Gasteiger partial charge in [0.2, 0.25) is 0 Å². The van der Waals surface area contributed by atoms with E-state index in [0.29, 0.717) is 0 Å². The van der Waals surface area contributed by atoms with Crippen molar-refractivity contribution in [3.05, 3.63) is 158 Å². The summed E-state index contributed by atoms with van der Waals surface area (Å²) in [6.45, 7) is 0. The molecule has 0 bridgehead atoms. The maximum Gasteiger partial charge on any atom is 0.143 e. The highest BCUT2D eigenvalue weighted by atomic mass is 16.3. The molecule has 0 amide bonds. The highest BCUT2D eigenvalue weighted by Crippen LogP contribution is 2.44. The van der Waals surface area contributed by atoms with E-state index in [2.05, 4.69) is 167 Å². The molecular weight excluding hydrogens is 597 g/mol. The van der Waals surface area contributed by atoms with Crippen molar-refractivity contribution >= 4 is 92.6 Å². The van der Waals surface area contributed by atoms with Crippen LogP contribution in [0.3, 0.4) is 0 Å². The zero-order chi connectivity index (χ0) is 31.8. The van der Waals surface area contributed by atoms with E-state index in [4.69, 9.17) is 4.42 Å². The van der Waals surface area contributed by atoms with Crippen LogP contribution in [0.1, 0.15) is 0 Å². The predicted molar refractivity (Wildman–Crippen MR) is 206 cm³/mol. The molecule has 3 nitrogen and oxygen atoms in total. The fourth-order valence-electron chi connectivity index (χ4n) is 8.75. The van der Waals surface area contributed by atoms with Crippen molar-refractivity contribution in [2.24, 2.45) is 0 Å². The van der Waals surface area contributed by atoms with Crippen LogP contribution in [0.15, 0.2) is 162 Å². The van der Waals surface area contributed by atoms with E-state index < -0.39 is 0 Å². The lowest BCUT2D eigenvalue weighted by Gasteiger charge is -2.09. The van der Waals surface area contributed by atoms with Gasteiger partial charge in [-0.25, -0.2) is 0 Å². The van der Waals surface area contributed by atoms with Gasteiger partial charge in [0.1, 0.15) is 11.2 Å². The summed E-state index contributed by atoms with van der Waals surface area (Å²) >= 11 is 0. The Morgan fingerprint density at radius 1 is 0.367 bits per heavy atom. The predicted octanol–water partition coefficient (Wildman–Crippen LogP) is 12.7. The summed E-state index contributed by atoms with van der Waals surface area (Å²) in [5, 5.41) is 12.4. The Hall–Kier alpha value is -6.58. The molecule has 0 radical (unpaired) electrons. The van der Waals surface area contributed by atoms with Crippen molar-refractivity contribution < 1.29 is 4.42 Å². The number of benzene rings is 8. The Morgan fingerprint density at radius 2 is 1.00 bits per heavy atom. The van der Waals surface area contributed by atoms with Gasteiger partial charge in [-0.1, -0.05) is 97.1 Å². The molecule has 0 saturated carbocycles. The lowest BCUT2D eigenvalue weighted by molar-refractivity contribution is 0.673. The summed E-state index contributed by atoms with van der Waals surface area (Å²) in [4.78, 5) is 0. The lowest BCUT2D eigenvalue weighted by atomic mass is 9.98. The monoisotopic (exact) mass is 622 g/mol. The summed E-state index contributed by atoms with van der Waals surface area (Å²) in [6, 6.07) is 57.4. The molecule has 4 aromatic heterocycles. The normalized spacial score (nSPS) is 12.5.